The van der Waals surface area contributed by atoms with Crippen molar-refractivity contribution < 1.29 is 0 Å². The van der Waals surface area contributed by atoms with Crippen LogP contribution in [0.3, 0.4) is 0 Å². The maximum atomic E-state index is 5.00. The van der Waals surface area contributed by atoms with Gasteiger partial charge in [0.1, 0.15) is 5.82 Å². The van der Waals surface area contributed by atoms with Crippen molar-refractivity contribution in [1.29, 1.82) is 0 Å². The Labute approximate surface area is 164 Å². The molecule has 6 nitrogen and oxygen atoms in total. The molecule has 2 aliphatic rings. The highest BCUT2D eigenvalue weighted by Gasteiger charge is 2.24. The summed E-state index contributed by atoms with van der Waals surface area (Å²) in [7, 11) is 2.18. The molecule has 0 aliphatic carbocycles. The van der Waals surface area contributed by atoms with Gasteiger partial charge in [0.2, 0.25) is 0 Å². The average molecular weight is 373 g/mol. The fourth-order valence-electron chi connectivity index (χ4n) is 4.28. The fraction of sp³-hybridized carbons (Fsp3) is 0.714. The van der Waals surface area contributed by atoms with Gasteiger partial charge in [-0.3, -0.25) is 0 Å². The zero-order valence-corrected chi connectivity index (χ0v) is 17.5. The predicted molar refractivity (Wildman–Crippen MR) is 113 cm³/mol. The van der Waals surface area contributed by atoms with Crippen molar-refractivity contribution in [2.75, 3.05) is 57.8 Å². The van der Waals surface area contributed by atoms with Gasteiger partial charge >= 0.3 is 0 Å². The van der Waals surface area contributed by atoms with Crippen LogP contribution in [0, 0.1) is 11.8 Å². The van der Waals surface area contributed by atoms with Crippen LogP contribution >= 0.6 is 0 Å². The number of aliphatic imine (C=N–C) groups is 1. The Hall–Kier alpha value is -1.82. The van der Waals surface area contributed by atoms with Crippen molar-refractivity contribution >= 4 is 11.8 Å². The molecule has 2 aliphatic heterocycles. The van der Waals surface area contributed by atoms with Crippen LogP contribution < -0.4 is 10.2 Å². The molecule has 1 aromatic rings. The first kappa shape index (κ1) is 19.9. The number of nitrogens with one attached hydrogen (secondary N) is 1. The van der Waals surface area contributed by atoms with Gasteiger partial charge in [-0.05, 0) is 38.3 Å². The summed E-state index contributed by atoms with van der Waals surface area (Å²) in [6.45, 7) is 14.8. The van der Waals surface area contributed by atoms with E-state index in [9.17, 15) is 0 Å². The van der Waals surface area contributed by atoms with Gasteiger partial charge in [0.15, 0.2) is 5.96 Å². The van der Waals surface area contributed by atoms with Gasteiger partial charge < -0.3 is 20.0 Å². The maximum Gasteiger partial charge on any atom is 0.194 e. The van der Waals surface area contributed by atoms with E-state index in [1.165, 1.54) is 12.0 Å². The van der Waals surface area contributed by atoms with Gasteiger partial charge in [0.25, 0.3) is 0 Å². The van der Waals surface area contributed by atoms with Crippen LogP contribution in [0.4, 0.5) is 5.82 Å². The molecule has 1 aromatic heterocycles. The minimum atomic E-state index is 0.678. The second kappa shape index (κ2) is 9.40. The zero-order chi connectivity index (χ0) is 19.2. The number of guanidine groups is 1. The minimum absolute atomic E-state index is 0.678. The Morgan fingerprint density at radius 3 is 2.56 bits per heavy atom. The SMILES string of the molecule is CCNC(=NCc1cccnc1N1CCN(C)CC1)N1CC(C)CC(C)C1. The summed E-state index contributed by atoms with van der Waals surface area (Å²) in [5, 5.41) is 3.50. The van der Waals surface area contributed by atoms with E-state index < -0.39 is 0 Å². The van der Waals surface area contributed by atoms with Gasteiger partial charge in [-0.15, -0.1) is 0 Å². The number of rotatable bonds is 4. The second-order valence-electron chi connectivity index (χ2n) is 8.30. The number of hydrogen-bond donors (Lipinski definition) is 1. The van der Waals surface area contributed by atoms with Gasteiger partial charge in [-0.1, -0.05) is 19.9 Å². The number of likely N-dealkylation sites (N-methyl/N-ethyl adjacent to an activating group) is 1. The number of likely N-dealkylation sites (tertiary alicyclic amines) is 1. The number of anilines is 1. The third-order valence-electron chi connectivity index (χ3n) is 5.57. The molecule has 0 bridgehead atoms. The molecule has 2 saturated heterocycles. The van der Waals surface area contributed by atoms with Gasteiger partial charge in [-0.2, -0.15) is 0 Å². The molecule has 0 radical (unpaired) electrons. The van der Waals surface area contributed by atoms with Gasteiger partial charge in [0, 0.05) is 57.6 Å². The van der Waals surface area contributed by atoms with E-state index in [2.05, 4.69) is 53.9 Å². The maximum absolute atomic E-state index is 5.00. The summed E-state index contributed by atoms with van der Waals surface area (Å²) in [6, 6.07) is 4.21. The molecule has 3 heterocycles. The Morgan fingerprint density at radius 2 is 1.89 bits per heavy atom. The standard InChI is InChI=1S/C21H36N6/c1-5-22-21(27-15-17(2)13-18(3)16-27)24-14-19-7-6-8-23-20(19)26-11-9-25(4)10-12-26/h6-8,17-18H,5,9-16H2,1-4H3,(H,22,24). The summed E-state index contributed by atoms with van der Waals surface area (Å²) < 4.78 is 0. The molecule has 0 amide bonds. The van der Waals surface area contributed by atoms with E-state index in [0.717, 1.165) is 69.4 Å². The van der Waals surface area contributed by atoms with Crippen molar-refractivity contribution in [2.45, 2.75) is 33.7 Å². The highest BCUT2D eigenvalue weighted by atomic mass is 15.3. The lowest BCUT2D eigenvalue weighted by Crippen LogP contribution is -2.48. The number of hydrogen-bond acceptors (Lipinski definition) is 4. The Balaban J connectivity index is 1.74. The molecule has 2 fully saturated rings. The fourth-order valence-corrected chi connectivity index (χ4v) is 4.28. The van der Waals surface area contributed by atoms with E-state index in [0.29, 0.717) is 6.54 Å². The first-order chi connectivity index (χ1) is 13.1. The van der Waals surface area contributed by atoms with E-state index in [4.69, 9.17) is 9.98 Å². The Kier molecular flexibility index (Phi) is 6.94. The van der Waals surface area contributed by atoms with Crippen molar-refractivity contribution in [3.63, 3.8) is 0 Å². The molecule has 0 aromatic carbocycles. The smallest absolute Gasteiger partial charge is 0.194 e. The number of aromatic nitrogens is 1. The number of piperazine rings is 1. The normalized spacial score (nSPS) is 25.0. The van der Waals surface area contributed by atoms with Crippen LogP contribution in [0.25, 0.3) is 0 Å². The average Bonchev–Trinajstić information content (AvgIpc) is 2.65. The van der Waals surface area contributed by atoms with Crippen molar-refractivity contribution in [3.05, 3.63) is 23.9 Å². The molecule has 27 heavy (non-hydrogen) atoms. The summed E-state index contributed by atoms with van der Waals surface area (Å²) >= 11 is 0. The van der Waals surface area contributed by atoms with E-state index in [1.807, 2.05) is 12.3 Å². The van der Waals surface area contributed by atoms with Crippen LogP contribution in [0.5, 0.6) is 0 Å². The van der Waals surface area contributed by atoms with Crippen molar-refractivity contribution in [3.8, 4) is 0 Å². The van der Waals surface area contributed by atoms with E-state index in [1.54, 1.807) is 0 Å². The Bertz CT molecular complexity index is 613. The van der Waals surface area contributed by atoms with E-state index >= 15 is 0 Å². The number of nitrogens with zero attached hydrogens (tertiary/aromatic N) is 5. The molecular weight excluding hydrogens is 336 g/mol. The summed E-state index contributed by atoms with van der Waals surface area (Å²) in [6.07, 6.45) is 3.21. The second-order valence-corrected chi connectivity index (χ2v) is 8.30. The first-order valence-corrected chi connectivity index (χ1v) is 10.5. The molecule has 150 valence electrons. The quantitative estimate of drug-likeness (QED) is 0.649. The molecule has 2 atom stereocenters. The summed E-state index contributed by atoms with van der Waals surface area (Å²) in [5.74, 6) is 3.59. The number of pyridine rings is 1. The lowest BCUT2D eigenvalue weighted by molar-refractivity contribution is 0.208. The van der Waals surface area contributed by atoms with Crippen LogP contribution in [0.2, 0.25) is 0 Å². The Morgan fingerprint density at radius 1 is 1.19 bits per heavy atom. The lowest BCUT2D eigenvalue weighted by atomic mass is 9.92. The van der Waals surface area contributed by atoms with E-state index in [-0.39, 0.29) is 0 Å². The minimum Gasteiger partial charge on any atom is -0.357 e. The van der Waals surface area contributed by atoms with Crippen LogP contribution in [-0.2, 0) is 6.54 Å². The molecule has 1 N–H and O–H groups in total. The third-order valence-corrected chi connectivity index (χ3v) is 5.57. The molecule has 2 unspecified atom stereocenters. The van der Waals surface area contributed by atoms with Gasteiger partial charge in [-0.25, -0.2) is 9.98 Å². The summed E-state index contributed by atoms with van der Waals surface area (Å²) in [5.41, 5.74) is 1.22. The molecule has 3 rings (SSSR count). The molecular formula is C21H36N6. The monoisotopic (exact) mass is 372 g/mol. The largest absolute Gasteiger partial charge is 0.357 e. The molecule has 0 saturated carbocycles. The topological polar surface area (TPSA) is 47.0 Å². The van der Waals surface area contributed by atoms with Gasteiger partial charge in [0.05, 0.1) is 6.54 Å². The van der Waals surface area contributed by atoms with Crippen LogP contribution in [-0.4, -0.2) is 73.6 Å². The van der Waals surface area contributed by atoms with Crippen molar-refractivity contribution in [2.24, 2.45) is 16.8 Å². The highest BCUT2D eigenvalue weighted by Crippen LogP contribution is 2.22. The highest BCUT2D eigenvalue weighted by molar-refractivity contribution is 5.80. The predicted octanol–water partition coefficient (Wildman–Crippen LogP) is 2.28. The lowest BCUT2D eigenvalue weighted by Gasteiger charge is -2.37. The van der Waals surface area contributed by atoms with Crippen LogP contribution in [0.1, 0.15) is 32.8 Å². The molecule has 6 heteroatoms. The molecule has 0 spiro atoms. The van der Waals surface area contributed by atoms with Crippen molar-refractivity contribution in [1.82, 2.24) is 20.1 Å². The zero-order valence-electron chi connectivity index (χ0n) is 17.5. The number of piperidine rings is 1. The third kappa shape index (κ3) is 5.34. The van der Waals surface area contributed by atoms with Crippen LogP contribution in [0.15, 0.2) is 23.3 Å². The summed E-state index contributed by atoms with van der Waals surface area (Å²) in [4.78, 5) is 16.9. The first-order valence-electron chi connectivity index (χ1n) is 10.5.